The molecule has 0 aliphatic carbocycles. The minimum atomic E-state index is -0.0534. The van der Waals surface area contributed by atoms with Gasteiger partial charge in [-0.3, -0.25) is 9.59 Å². The number of nitrogens with zero attached hydrogens (tertiary/aromatic N) is 1. The van der Waals surface area contributed by atoms with Crippen LogP contribution < -0.4 is 5.32 Å². The molecule has 0 bridgehead atoms. The van der Waals surface area contributed by atoms with Crippen LogP contribution in [0.1, 0.15) is 32.3 Å². The summed E-state index contributed by atoms with van der Waals surface area (Å²) in [6.07, 6.45) is 1.22. The summed E-state index contributed by atoms with van der Waals surface area (Å²) in [6.45, 7) is 5.18. The van der Waals surface area contributed by atoms with Gasteiger partial charge in [-0.25, -0.2) is 0 Å². The van der Waals surface area contributed by atoms with Crippen molar-refractivity contribution in [1.82, 2.24) is 10.2 Å². The van der Waals surface area contributed by atoms with E-state index in [-0.39, 0.29) is 11.8 Å². The molecule has 1 aromatic carbocycles. The van der Waals surface area contributed by atoms with Crippen molar-refractivity contribution in [3.8, 4) is 0 Å². The molecule has 5 heteroatoms. The van der Waals surface area contributed by atoms with Crippen molar-refractivity contribution in [3.63, 3.8) is 0 Å². The molecule has 0 unspecified atom stereocenters. The first kappa shape index (κ1) is 16.5. The Morgan fingerprint density at radius 1 is 1.20 bits per heavy atom. The highest BCUT2D eigenvalue weighted by molar-refractivity contribution is 6.30. The summed E-state index contributed by atoms with van der Waals surface area (Å²) in [4.78, 5) is 24.8. The second-order valence-corrected chi connectivity index (χ2v) is 5.10. The molecule has 110 valence electrons. The van der Waals surface area contributed by atoms with Gasteiger partial charge in [0.15, 0.2) is 0 Å². The highest BCUT2D eigenvalue weighted by Gasteiger charge is 2.09. The first-order valence-electron chi connectivity index (χ1n) is 6.79. The SMILES string of the molecule is CCCN(CCC(=O)NCc1ccc(Cl)cc1)C(C)=O. The quantitative estimate of drug-likeness (QED) is 0.841. The Labute approximate surface area is 125 Å². The van der Waals surface area contributed by atoms with Gasteiger partial charge in [-0.2, -0.15) is 0 Å². The molecule has 4 nitrogen and oxygen atoms in total. The Kier molecular flexibility index (Phi) is 7.09. The molecule has 0 spiro atoms. The van der Waals surface area contributed by atoms with Crippen molar-refractivity contribution in [3.05, 3.63) is 34.9 Å². The summed E-state index contributed by atoms with van der Waals surface area (Å²) in [7, 11) is 0. The number of rotatable bonds is 7. The third-order valence-corrected chi connectivity index (χ3v) is 3.20. The van der Waals surface area contributed by atoms with Gasteiger partial charge < -0.3 is 10.2 Å². The summed E-state index contributed by atoms with van der Waals surface area (Å²) in [5.41, 5.74) is 1.000. The number of amides is 2. The van der Waals surface area contributed by atoms with Gasteiger partial charge in [-0.05, 0) is 24.1 Å². The number of hydrogen-bond acceptors (Lipinski definition) is 2. The van der Waals surface area contributed by atoms with Gasteiger partial charge in [0.1, 0.15) is 0 Å². The molecule has 0 saturated carbocycles. The molecule has 0 saturated heterocycles. The van der Waals surface area contributed by atoms with Gasteiger partial charge in [0.2, 0.25) is 11.8 Å². The highest BCUT2D eigenvalue weighted by atomic mass is 35.5. The van der Waals surface area contributed by atoms with E-state index in [4.69, 9.17) is 11.6 Å². The van der Waals surface area contributed by atoms with Gasteiger partial charge in [0.25, 0.3) is 0 Å². The lowest BCUT2D eigenvalue weighted by molar-refractivity contribution is -0.129. The average Bonchev–Trinajstić information content (AvgIpc) is 2.42. The van der Waals surface area contributed by atoms with Gasteiger partial charge >= 0.3 is 0 Å². The molecule has 0 fully saturated rings. The molecule has 1 rings (SSSR count). The van der Waals surface area contributed by atoms with E-state index in [9.17, 15) is 9.59 Å². The molecule has 1 aromatic rings. The number of carbonyl (C=O) groups excluding carboxylic acids is 2. The Balaban J connectivity index is 2.32. The smallest absolute Gasteiger partial charge is 0.222 e. The molecule has 0 aromatic heterocycles. The van der Waals surface area contributed by atoms with Crippen molar-refractivity contribution in [2.24, 2.45) is 0 Å². The second kappa shape index (κ2) is 8.59. The number of halogens is 1. The van der Waals surface area contributed by atoms with E-state index in [1.165, 1.54) is 6.92 Å². The molecule has 0 heterocycles. The van der Waals surface area contributed by atoms with E-state index >= 15 is 0 Å². The van der Waals surface area contributed by atoms with Crippen LogP contribution >= 0.6 is 11.6 Å². The first-order chi connectivity index (χ1) is 9.52. The van der Waals surface area contributed by atoms with Crippen LogP contribution in [0, 0.1) is 0 Å². The van der Waals surface area contributed by atoms with Crippen LogP contribution in [-0.4, -0.2) is 29.8 Å². The van der Waals surface area contributed by atoms with E-state index in [1.54, 1.807) is 17.0 Å². The average molecular weight is 297 g/mol. The minimum absolute atomic E-state index is 0.0114. The monoisotopic (exact) mass is 296 g/mol. The van der Waals surface area contributed by atoms with Crippen LogP contribution in [0.15, 0.2) is 24.3 Å². The maximum Gasteiger partial charge on any atom is 0.222 e. The summed E-state index contributed by atoms with van der Waals surface area (Å²) >= 11 is 5.79. The Morgan fingerprint density at radius 3 is 2.40 bits per heavy atom. The van der Waals surface area contributed by atoms with Crippen LogP contribution in [0.3, 0.4) is 0 Å². The van der Waals surface area contributed by atoms with Gasteiger partial charge in [0.05, 0.1) is 0 Å². The van der Waals surface area contributed by atoms with Crippen LogP contribution in [-0.2, 0) is 16.1 Å². The fraction of sp³-hybridized carbons (Fsp3) is 0.467. The van der Waals surface area contributed by atoms with E-state index in [0.717, 1.165) is 12.0 Å². The van der Waals surface area contributed by atoms with Crippen LogP contribution in [0.25, 0.3) is 0 Å². The molecule has 0 aliphatic heterocycles. The van der Waals surface area contributed by atoms with Crippen molar-refractivity contribution in [2.45, 2.75) is 33.2 Å². The van der Waals surface area contributed by atoms with Gasteiger partial charge in [0, 0.05) is 38.0 Å². The van der Waals surface area contributed by atoms with Gasteiger partial charge in [-0.1, -0.05) is 30.7 Å². The van der Waals surface area contributed by atoms with Crippen molar-refractivity contribution in [2.75, 3.05) is 13.1 Å². The Hall–Kier alpha value is -1.55. The van der Waals surface area contributed by atoms with Crippen LogP contribution in [0.4, 0.5) is 0 Å². The summed E-state index contributed by atoms with van der Waals surface area (Å²) in [6, 6.07) is 7.34. The fourth-order valence-corrected chi connectivity index (χ4v) is 1.95. The maximum absolute atomic E-state index is 11.7. The predicted molar refractivity (Wildman–Crippen MR) is 80.5 cm³/mol. The largest absolute Gasteiger partial charge is 0.352 e. The van der Waals surface area contributed by atoms with Crippen LogP contribution in [0.5, 0.6) is 0 Å². The number of carbonyl (C=O) groups is 2. The first-order valence-corrected chi connectivity index (χ1v) is 7.17. The normalized spacial score (nSPS) is 10.2. The third-order valence-electron chi connectivity index (χ3n) is 2.95. The van der Waals surface area contributed by atoms with E-state index in [2.05, 4.69) is 5.32 Å². The standard InChI is InChI=1S/C15H21ClN2O2/c1-3-9-18(12(2)19)10-8-15(20)17-11-13-4-6-14(16)7-5-13/h4-7H,3,8-11H2,1-2H3,(H,17,20). The maximum atomic E-state index is 11.7. The molecule has 20 heavy (non-hydrogen) atoms. The lowest BCUT2D eigenvalue weighted by atomic mass is 10.2. The number of hydrogen-bond donors (Lipinski definition) is 1. The summed E-state index contributed by atoms with van der Waals surface area (Å²) in [5.74, 6) is -0.0420. The molecule has 0 radical (unpaired) electrons. The second-order valence-electron chi connectivity index (χ2n) is 4.66. The number of benzene rings is 1. The van der Waals surface area contributed by atoms with Crippen LogP contribution in [0.2, 0.25) is 5.02 Å². The van der Waals surface area contributed by atoms with E-state index < -0.39 is 0 Å². The molecule has 1 N–H and O–H groups in total. The molecular formula is C15H21ClN2O2. The fourth-order valence-electron chi connectivity index (χ4n) is 1.82. The summed E-state index contributed by atoms with van der Waals surface area (Å²) in [5, 5.41) is 3.51. The van der Waals surface area contributed by atoms with E-state index in [0.29, 0.717) is 31.1 Å². The topological polar surface area (TPSA) is 49.4 Å². The van der Waals surface area contributed by atoms with Gasteiger partial charge in [-0.15, -0.1) is 0 Å². The highest BCUT2D eigenvalue weighted by Crippen LogP contribution is 2.09. The molecule has 0 atom stereocenters. The molecule has 2 amide bonds. The zero-order chi connectivity index (χ0) is 15.0. The zero-order valence-electron chi connectivity index (χ0n) is 12.0. The minimum Gasteiger partial charge on any atom is -0.352 e. The molecule has 0 aliphatic rings. The van der Waals surface area contributed by atoms with E-state index in [1.807, 2.05) is 19.1 Å². The predicted octanol–water partition coefficient (Wildman–Crippen LogP) is 2.60. The lowest BCUT2D eigenvalue weighted by Gasteiger charge is -2.19. The Bertz CT molecular complexity index is 446. The van der Waals surface area contributed by atoms with Crippen molar-refractivity contribution >= 4 is 23.4 Å². The summed E-state index contributed by atoms with van der Waals surface area (Å²) < 4.78 is 0. The molecular weight excluding hydrogens is 276 g/mol. The third kappa shape index (κ3) is 6.06. The number of nitrogens with one attached hydrogen (secondary N) is 1. The van der Waals surface area contributed by atoms with Crippen molar-refractivity contribution in [1.29, 1.82) is 0 Å². The lowest BCUT2D eigenvalue weighted by Crippen LogP contribution is -2.34. The zero-order valence-corrected chi connectivity index (χ0v) is 12.7. The Morgan fingerprint density at radius 2 is 1.85 bits per heavy atom. The van der Waals surface area contributed by atoms with Crippen molar-refractivity contribution < 1.29 is 9.59 Å².